The summed E-state index contributed by atoms with van der Waals surface area (Å²) in [6.07, 6.45) is 1.86. The van der Waals surface area contributed by atoms with Gasteiger partial charge in [0.15, 0.2) is 0 Å². The lowest BCUT2D eigenvalue weighted by molar-refractivity contribution is 1.30. The number of halogens is 2. The van der Waals surface area contributed by atoms with Gasteiger partial charge < -0.3 is 4.98 Å². The predicted octanol–water partition coefficient (Wildman–Crippen LogP) is 5.27. The molecule has 0 aliphatic rings. The van der Waals surface area contributed by atoms with Crippen LogP contribution in [-0.4, -0.2) is 9.97 Å². The molecule has 94 valence electrons. The van der Waals surface area contributed by atoms with E-state index in [1.807, 2.05) is 48.7 Å². The number of rotatable bonds is 2. The highest BCUT2D eigenvalue weighted by molar-refractivity contribution is 9.11. The Morgan fingerprint density at radius 1 is 0.789 bits per heavy atom. The molecule has 0 spiro atoms. The first-order valence-corrected chi connectivity index (χ1v) is 7.39. The summed E-state index contributed by atoms with van der Waals surface area (Å²) in [4.78, 5) is 7.81. The molecule has 0 atom stereocenters. The summed E-state index contributed by atoms with van der Waals surface area (Å²) >= 11 is 7.10. The average molecular weight is 378 g/mol. The van der Waals surface area contributed by atoms with Gasteiger partial charge in [0.2, 0.25) is 0 Å². The first-order chi connectivity index (χ1) is 9.25. The smallest absolute Gasteiger partial charge is 0.138 e. The van der Waals surface area contributed by atoms with Crippen LogP contribution in [0.4, 0.5) is 0 Å². The zero-order valence-corrected chi connectivity index (χ0v) is 13.1. The van der Waals surface area contributed by atoms with E-state index in [2.05, 4.69) is 47.9 Å². The minimum atomic E-state index is 0.859. The molecule has 0 radical (unpaired) electrons. The lowest BCUT2D eigenvalue weighted by atomic mass is 10.2. The Morgan fingerprint density at radius 3 is 2.00 bits per heavy atom. The Balaban J connectivity index is 2.06. The molecule has 3 rings (SSSR count). The zero-order valence-electron chi connectivity index (χ0n) is 9.90. The van der Waals surface area contributed by atoms with Gasteiger partial charge in [-0.05, 0) is 12.1 Å². The van der Waals surface area contributed by atoms with Crippen LogP contribution in [0.3, 0.4) is 0 Å². The van der Waals surface area contributed by atoms with Crippen LogP contribution in [0.25, 0.3) is 22.6 Å². The van der Waals surface area contributed by atoms with Gasteiger partial charge in [0.1, 0.15) is 5.82 Å². The first kappa shape index (κ1) is 12.6. The fourth-order valence-electron chi connectivity index (χ4n) is 1.93. The SMILES string of the molecule is Brc1ccccc1-c1cnc(-c2ccccc2Br)[nH]1. The Hall–Kier alpha value is -1.39. The van der Waals surface area contributed by atoms with Crippen LogP contribution in [0.1, 0.15) is 0 Å². The maximum atomic E-state index is 4.46. The van der Waals surface area contributed by atoms with Gasteiger partial charge in [-0.2, -0.15) is 0 Å². The number of hydrogen-bond acceptors (Lipinski definition) is 1. The molecule has 2 nitrogen and oxygen atoms in total. The zero-order chi connectivity index (χ0) is 13.2. The summed E-state index contributed by atoms with van der Waals surface area (Å²) in [5.74, 6) is 0.859. The molecular formula is C15H10Br2N2. The largest absolute Gasteiger partial charge is 0.338 e. The van der Waals surface area contributed by atoms with Crippen LogP contribution >= 0.6 is 31.9 Å². The fraction of sp³-hybridized carbons (Fsp3) is 0. The lowest BCUT2D eigenvalue weighted by Crippen LogP contribution is -1.83. The Bertz CT molecular complexity index is 659. The Labute approximate surface area is 128 Å². The highest BCUT2D eigenvalue weighted by atomic mass is 79.9. The van der Waals surface area contributed by atoms with Crippen molar-refractivity contribution in [3.8, 4) is 22.6 Å². The van der Waals surface area contributed by atoms with Crippen molar-refractivity contribution in [1.29, 1.82) is 0 Å². The standard InChI is InChI=1S/C15H10Br2N2/c16-12-7-3-1-5-10(12)14-9-18-15(19-14)11-6-2-4-8-13(11)17/h1-9H,(H,18,19). The molecule has 0 aliphatic heterocycles. The molecule has 3 aromatic rings. The summed E-state index contributed by atoms with van der Waals surface area (Å²) < 4.78 is 2.08. The number of benzene rings is 2. The van der Waals surface area contributed by atoms with Crippen molar-refractivity contribution in [2.45, 2.75) is 0 Å². The summed E-state index contributed by atoms with van der Waals surface area (Å²) in [6, 6.07) is 16.1. The number of hydrogen-bond donors (Lipinski definition) is 1. The van der Waals surface area contributed by atoms with Crippen LogP contribution in [-0.2, 0) is 0 Å². The predicted molar refractivity (Wildman–Crippen MR) is 84.9 cm³/mol. The number of aromatic amines is 1. The molecule has 0 saturated carbocycles. The minimum absolute atomic E-state index is 0.859. The van der Waals surface area contributed by atoms with Crippen molar-refractivity contribution in [2.75, 3.05) is 0 Å². The number of imidazole rings is 1. The van der Waals surface area contributed by atoms with Gasteiger partial charge in [-0.25, -0.2) is 4.98 Å². The van der Waals surface area contributed by atoms with Crippen LogP contribution in [0.5, 0.6) is 0 Å². The second-order valence-corrected chi connectivity index (χ2v) is 5.81. The highest BCUT2D eigenvalue weighted by Crippen LogP contribution is 2.30. The molecule has 1 aromatic heterocycles. The average Bonchev–Trinajstić information content (AvgIpc) is 2.89. The van der Waals surface area contributed by atoms with Gasteiger partial charge in [-0.3, -0.25) is 0 Å². The normalized spacial score (nSPS) is 10.6. The first-order valence-electron chi connectivity index (χ1n) is 5.80. The summed E-state index contributed by atoms with van der Waals surface area (Å²) in [7, 11) is 0. The van der Waals surface area contributed by atoms with Crippen LogP contribution in [0, 0.1) is 0 Å². The molecule has 0 amide bonds. The molecule has 1 heterocycles. The second kappa shape index (κ2) is 5.31. The van der Waals surface area contributed by atoms with Crippen molar-refractivity contribution >= 4 is 31.9 Å². The van der Waals surface area contributed by atoms with Crippen molar-refractivity contribution in [3.05, 3.63) is 63.7 Å². The third-order valence-electron chi connectivity index (χ3n) is 2.87. The summed E-state index contributed by atoms with van der Waals surface area (Å²) in [6.45, 7) is 0. The van der Waals surface area contributed by atoms with E-state index < -0.39 is 0 Å². The van der Waals surface area contributed by atoms with Crippen molar-refractivity contribution in [1.82, 2.24) is 9.97 Å². The number of nitrogens with one attached hydrogen (secondary N) is 1. The molecule has 0 aliphatic carbocycles. The summed E-state index contributed by atoms with van der Waals surface area (Å²) in [5.41, 5.74) is 3.16. The molecule has 0 bridgehead atoms. The van der Waals surface area contributed by atoms with E-state index >= 15 is 0 Å². The van der Waals surface area contributed by atoms with Crippen molar-refractivity contribution in [3.63, 3.8) is 0 Å². The molecule has 0 unspecified atom stereocenters. The van der Waals surface area contributed by atoms with Gasteiger partial charge >= 0.3 is 0 Å². The third-order valence-corrected chi connectivity index (χ3v) is 4.25. The Morgan fingerprint density at radius 2 is 1.37 bits per heavy atom. The summed E-state index contributed by atoms with van der Waals surface area (Å²) in [5, 5.41) is 0. The van der Waals surface area contributed by atoms with E-state index in [9.17, 15) is 0 Å². The minimum Gasteiger partial charge on any atom is -0.338 e. The lowest BCUT2D eigenvalue weighted by Gasteiger charge is -2.02. The van der Waals surface area contributed by atoms with Crippen LogP contribution in [0.2, 0.25) is 0 Å². The van der Waals surface area contributed by atoms with E-state index in [4.69, 9.17) is 0 Å². The van der Waals surface area contributed by atoms with Crippen LogP contribution < -0.4 is 0 Å². The molecule has 0 saturated heterocycles. The van der Waals surface area contributed by atoms with Crippen molar-refractivity contribution in [2.24, 2.45) is 0 Å². The quantitative estimate of drug-likeness (QED) is 0.647. The van der Waals surface area contributed by atoms with E-state index in [0.29, 0.717) is 0 Å². The van der Waals surface area contributed by atoms with Gasteiger partial charge in [0.05, 0.1) is 11.9 Å². The fourth-order valence-corrected chi connectivity index (χ4v) is 2.90. The molecule has 19 heavy (non-hydrogen) atoms. The Kier molecular flexibility index (Phi) is 3.53. The molecule has 4 heteroatoms. The number of H-pyrrole nitrogens is 1. The van der Waals surface area contributed by atoms with Gasteiger partial charge in [0, 0.05) is 20.1 Å². The van der Waals surface area contributed by atoms with E-state index in [1.165, 1.54) is 0 Å². The molecule has 0 fully saturated rings. The van der Waals surface area contributed by atoms with E-state index in [0.717, 1.165) is 31.6 Å². The maximum Gasteiger partial charge on any atom is 0.138 e. The molecule has 1 N–H and O–H groups in total. The second-order valence-electron chi connectivity index (χ2n) is 4.11. The topological polar surface area (TPSA) is 28.7 Å². The number of aromatic nitrogens is 2. The molecule has 2 aromatic carbocycles. The monoisotopic (exact) mass is 376 g/mol. The van der Waals surface area contributed by atoms with E-state index in [1.54, 1.807) is 0 Å². The van der Waals surface area contributed by atoms with Gasteiger partial charge in [0.25, 0.3) is 0 Å². The highest BCUT2D eigenvalue weighted by Gasteiger charge is 2.09. The van der Waals surface area contributed by atoms with Crippen molar-refractivity contribution < 1.29 is 0 Å². The van der Waals surface area contributed by atoms with E-state index in [-0.39, 0.29) is 0 Å². The number of nitrogens with zero attached hydrogens (tertiary/aromatic N) is 1. The molecular weight excluding hydrogens is 368 g/mol. The van der Waals surface area contributed by atoms with Crippen LogP contribution in [0.15, 0.2) is 63.7 Å². The third kappa shape index (κ3) is 2.51. The van der Waals surface area contributed by atoms with Gasteiger partial charge in [-0.15, -0.1) is 0 Å². The maximum absolute atomic E-state index is 4.46. The van der Waals surface area contributed by atoms with Gasteiger partial charge in [-0.1, -0.05) is 68.3 Å².